The summed E-state index contributed by atoms with van der Waals surface area (Å²) in [7, 11) is 0. The standard InChI is InChI=1S/C15H18BrN5/c1-3-9-20(10-4-2)15-14(11-17)18-21(19-15)13-7-5-12(16)6-8-13/h5-8H,3-4,9-10H2,1-2H3. The molecule has 1 heterocycles. The molecule has 0 spiro atoms. The smallest absolute Gasteiger partial charge is 0.207 e. The van der Waals surface area contributed by atoms with Crippen LogP contribution in [0.3, 0.4) is 0 Å². The quantitative estimate of drug-likeness (QED) is 0.801. The van der Waals surface area contributed by atoms with Gasteiger partial charge < -0.3 is 4.90 Å². The molecule has 6 heteroatoms. The minimum absolute atomic E-state index is 0.375. The van der Waals surface area contributed by atoms with Crippen molar-refractivity contribution in [1.29, 1.82) is 5.26 Å². The fraction of sp³-hybridized carbons (Fsp3) is 0.400. The minimum Gasteiger partial charge on any atom is -0.353 e. The van der Waals surface area contributed by atoms with Gasteiger partial charge in [0, 0.05) is 17.6 Å². The molecule has 0 amide bonds. The molecule has 0 saturated carbocycles. The van der Waals surface area contributed by atoms with E-state index in [4.69, 9.17) is 0 Å². The third-order valence-corrected chi connectivity index (χ3v) is 3.57. The normalized spacial score (nSPS) is 10.4. The second kappa shape index (κ2) is 7.23. The highest BCUT2D eigenvalue weighted by Crippen LogP contribution is 2.19. The zero-order valence-electron chi connectivity index (χ0n) is 12.3. The number of anilines is 1. The van der Waals surface area contributed by atoms with Gasteiger partial charge in [0.1, 0.15) is 6.07 Å². The first-order valence-electron chi connectivity index (χ1n) is 7.08. The van der Waals surface area contributed by atoms with E-state index < -0.39 is 0 Å². The molecule has 0 fully saturated rings. The van der Waals surface area contributed by atoms with E-state index in [0.717, 1.165) is 36.1 Å². The van der Waals surface area contributed by atoms with Gasteiger partial charge in [0.25, 0.3) is 0 Å². The molecular weight excluding hydrogens is 330 g/mol. The Morgan fingerprint density at radius 1 is 1.14 bits per heavy atom. The van der Waals surface area contributed by atoms with Crippen LogP contribution < -0.4 is 4.90 Å². The van der Waals surface area contributed by atoms with Gasteiger partial charge in [0.05, 0.1) is 5.69 Å². The summed E-state index contributed by atoms with van der Waals surface area (Å²) in [6.07, 6.45) is 2.02. The van der Waals surface area contributed by atoms with Crippen molar-refractivity contribution in [2.24, 2.45) is 0 Å². The van der Waals surface area contributed by atoms with E-state index in [0.29, 0.717) is 11.5 Å². The SMILES string of the molecule is CCCN(CCC)c1nn(-c2ccc(Br)cc2)nc1C#N. The number of nitrogens with zero attached hydrogens (tertiary/aromatic N) is 5. The van der Waals surface area contributed by atoms with Crippen molar-refractivity contribution in [3.8, 4) is 11.8 Å². The van der Waals surface area contributed by atoms with Crippen molar-refractivity contribution in [3.05, 3.63) is 34.4 Å². The van der Waals surface area contributed by atoms with Gasteiger partial charge in [0.2, 0.25) is 5.69 Å². The predicted octanol–water partition coefficient (Wildman–Crippen LogP) is 3.53. The molecule has 1 aromatic carbocycles. The van der Waals surface area contributed by atoms with Gasteiger partial charge in [0.15, 0.2) is 5.82 Å². The van der Waals surface area contributed by atoms with Crippen LogP contribution in [-0.2, 0) is 0 Å². The molecule has 0 bridgehead atoms. The summed E-state index contributed by atoms with van der Waals surface area (Å²) < 4.78 is 0.998. The van der Waals surface area contributed by atoms with Crippen LogP contribution in [0.25, 0.3) is 5.69 Å². The number of hydrogen-bond donors (Lipinski definition) is 0. The Morgan fingerprint density at radius 2 is 1.76 bits per heavy atom. The minimum atomic E-state index is 0.375. The van der Waals surface area contributed by atoms with Gasteiger partial charge >= 0.3 is 0 Å². The van der Waals surface area contributed by atoms with Crippen LogP contribution in [-0.4, -0.2) is 28.1 Å². The molecule has 0 radical (unpaired) electrons. The van der Waals surface area contributed by atoms with Crippen molar-refractivity contribution in [1.82, 2.24) is 15.0 Å². The van der Waals surface area contributed by atoms with Crippen LogP contribution in [0.4, 0.5) is 5.82 Å². The Bertz CT molecular complexity index is 621. The average Bonchev–Trinajstić information content (AvgIpc) is 2.92. The second-order valence-electron chi connectivity index (χ2n) is 4.74. The first-order valence-corrected chi connectivity index (χ1v) is 7.87. The van der Waals surface area contributed by atoms with Crippen molar-refractivity contribution in [2.75, 3.05) is 18.0 Å². The van der Waals surface area contributed by atoms with E-state index in [2.05, 4.69) is 50.9 Å². The van der Waals surface area contributed by atoms with E-state index >= 15 is 0 Å². The zero-order valence-corrected chi connectivity index (χ0v) is 13.8. The molecule has 2 aromatic rings. The van der Waals surface area contributed by atoms with Gasteiger partial charge in [-0.1, -0.05) is 29.8 Å². The highest BCUT2D eigenvalue weighted by Gasteiger charge is 2.17. The molecule has 1 aromatic heterocycles. The lowest BCUT2D eigenvalue weighted by Crippen LogP contribution is -2.26. The lowest BCUT2D eigenvalue weighted by atomic mass is 10.3. The third-order valence-electron chi connectivity index (χ3n) is 3.05. The van der Waals surface area contributed by atoms with Gasteiger partial charge in [-0.15, -0.1) is 15.0 Å². The predicted molar refractivity (Wildman–Crippen MR) is 86.6 cm³/mol. The molecule has 0 aliphatic carbocycles. The topological polar surface area (TPSA) is 57.7 Å². The highest BCUT2D eigenvalue weighted by atomic mass is 79.9. The van der Waals surface area contributed by atoms with Gasteiger partial charge in [-0.2, -0.15) is 5.26 Å². The maximum absolute atomic E-state index is 9.31. The number of hydrogen-bond acceptors (Lipinski definition) is 4. The van der Waals surface area contributed by atoms with Crippen LogP contribution in [0.1, 0.15) is 32.4 Å². The molecular formula is C15H18BrN5. The fourth-order valence-electron chi connectivity index (χ4n) is 2.14. The zero-order chi connectivity index (χ0) is 15.2. The van der Waals surface area contributed by atoms with Crippen LogP contribution in [0.15, 0.2) is 28.7 Å². The van der Waals surface area contributed by atoms with Gasteiger partial charge in [-0.05, 0) is 37.1 Å². The van der Waals surface area contributed by atoms with E-state index in [9.17, 15) is 5.26 Å². The Labute approximate surface area is 133 Å². The van der Waals surface area contributed by atoms with Gasteiger partial charge in [-0.25, -0.2) is 0 Å². The molecule has 0 saturated heterocycles. The number of aromatic nitrogens is 3. The maximum Gasteiger partial charge on any atom is 0.207 e. The second-order valence-corrected chi connectivity index (χ2v) is 5.65. The summed E-state index contributed by atoms with van der Waals surface area (Å²) in [6, 6.07) is 9.84. The number of nitriles is 1. The van der Waals surface area contributed by atoms with Gasteiger partial charge in [-0.3, -0.25) is 0 Å². The molecule has 21 heavy (non-hydrogen) atoms. The highest BCUT2D eigenvalue weighted by molar-refractivity contribution is 9.10. The lowest BCUT2D eigenvalue weighted by Gasteiger charge is -2.20. The Balaban J connectivity index is 2.38. The summed E-state index contributed by atoms with van der Waals surface area (Å²) in [5, 5.41) is 18.1. The lowest BCUT2D eigenvalue weighted by molar-refractivity contribution is 0.708. The Morgan fingerprint density at radius 3 is 2.29 bits per heavy atom. The third kappa shape index (κ3) is 3.61. The molecule has 0 N–H and O–H groups in total. The number of rotatable bonds is 6. The van der Waals surface area contributed by atoms with E-state index in [-0.39, 0.29) is 0 Å². The van der Waals surface area contributed by atoms with Crippen molar-refractivity contribution >= 4 is 21.7 Å². The molecule has 0 unspecified atom stereocenters. The van der Waals surface area contributed by atoms with E-state index in [1.807, 2.05) is 24.3 Å². The van der Waals surface area contributed by atoms with Crippen molar-refractivity contribution in [2.45, 2.75) is 26.7 Å². The van der Waals surface area contributed by atoms with Crippen LogP contribution in [0, 0.1) is 11.3 Å². The van der Waals surface area contributed by atoms with E-state index in [1.54, 1.807) is 0 Å². The molecule has 0 atom stereocenters. The Hall–Kier alpha value is -1.87. The number of benzene rings is 1. The first-order chi connectivity index (χ1) is 10.2. The van der Waals surface area contributed by atoms with Crippen molar-refractivity contribution in [3.63, 3.8) is 0 Å². The Kier molecular flexibility index (Phi) is 5.34. The fourth-order valence-corrected chi connectivity index (χ4v) is 2.40. The largest absolute Gasteiger partial charge is 0.353 e. The van der Waals surface area contributed by atoms with Crippen molar-refractivity contribution < 1.29 is 0 Å². The maximum atomic E-state index is 9.31. The summed E-state index contributed by atoms with van der Waals surface area (Å²) >= 11 is 3.40. The molecule has 0 aliphatic heterocycles. The molecule has 5 nitrogen and oxygen atoms in total. The average molecular weight is 348 g/mol. The molecule has 110 valence electrons. The summed E-state index contributed by atoms with van der Waals surface area (Å²) in [4.78, 5) is 3.65. The summed E-state index contributed by atoms with van der Waals surface area (Å²) in [6.45, 7) is 5.99. The van der Waals surface area contributed by atoms with Crippen LogP contribution in [0.5, 0.6) is 0 Å². The monoisotopic (exact) mass is 347 g/mol. The van der Waals surface area contributed by atoms with Crippen LogP contribution in [0.2, 0.25) is 0 Å². The van der Waals surface area contributed by atoms with E-state index in [1.165, 1.54) is 4.80 Å². The van der Waals surface area contributed by atoms with Crippen LogP contribution >= 0.6 is 15.9 Å². The molecule has 2 rings (SSSR count). The summed E-state index contributed by atoms with van der Waals surface area (Å²) in [5.74, 6) is 0.670. The first kappa shape index (κ1) is 15.5. The number of halogens is 1. The summed E-state index contributed by atoms with van der Waals surface area (Å²) in [5.41, 5.74) is 1.22. The molecule has 0 aliphatic rings.